The van der Waals surface area contributed by atoms with Crippen molar-refractivity contribution in [1.82, 2.24) is 9.97 Å². The van der Waals surface area contributed by atoms with Gasteiger partial charge in [0.05, 0.1) is 29.7 Å². The summed E-state index contributed by atoms with van der Waals surface area (Å²) in [5.41, 5.74) is 9.98. The molecule has 0 radical (unpaired) electrons. The number of nitrogens with two attached hydrogens (primary N) is 1. The molecule has 0 aliphatic rings. The molecule has 3 aromatic heterocycles. The largest absolute Gasteiger partial charge is 0.497 e. The van der Waals surface area contributed by atoms with Crippen LogP contribution in [0.5, 0.6) is 5.75 Å². The number of nitrogens with zero attached hydrogens (tertiary/aromatic N) is 2. The van der Waals surface area contributed by atoms with E-state index < -0.39 is 0 Å². The molecule has 2 aromatic carbocycles. The van der Waals surface area contributed by atoms with E-state index >= 15 is 0 Å². The van der Waals surface area contributed by atoms with Crippen molar-refractivity contribution in [3.8, 4) is 17.0 Å². The fourth-order valence-corrected chi connectivity index (χ4v) is 4.49. The highest BCUT2D eigenvalue weighted by Gasteiger charge is 2.19. The molecule has 1 amide bonds. The summed E-state index contributed by atoms with van der Waals surface area (Å²) in [7, 11) is 1.63. The Hall–Kier alpha value is -3.97. The Balaban J connectivity index is 1.51. The normalized spacial score (nSPS) is 11.0. The fourth-order valence-electron chi connectivity index (χ4n) is 3.50. The van der Waals surface area contributed by atoms with E-state index in [2.05, 4.69) is 10.3 Å². The van der Waals surface area contributed by atoms with Gasteiger partial charge in [-0.15, -0.1) is 11.3 Å². The number of thiophene rings is 1. The maximum atomic E-state index is 13.0. The maximum absolute atomic E-state index is 13.0. The Labute approximate surface area is 182 Å². The summed E-state index contributed by atoms with van der Waals surface area (Å²) >= 11 is 1.28. The summed E-state index contributed by atoms with van der Waals surface area (Å²) in [6.45, 7) is 0. The Kier molecular flexibility index (Phi) is 4.72. The lowest BCUT2D eigenvalue weighted by atomic mass is 10.1. The molecule has 3 heterocycles. The standard InChI is InChI=1S/C24H18N4O2S/c1-30-15-6-2-5-14(13-15)18-11-10-17-21(25)22(31-24(17)28-18)23(29)27-20-9-3-8-19-16(20)7-4-12-26-19/h2-13H,25H2,1H3,(H,27,29). The third kappa shape index (κ3) is 3.45. The molecular weight excluding hydrogens is 408 g/mol. The number of benzene rings is 2. The van der Waals surface area contributed by atoms with Crippen LogP contribution in [-0.2, 0) is 0 Å². The van der Waals surface area contributed by atoms with Gasteiger partial charge < -0.3 is 15.8 Å². The molecule has 0 saturated carbocycles. The number of pyridine rings is 2. The third-order valence-electron chi connectivity index (χ3n) is 5.06. The highest BCUT2D eigenvalue weighted by Crippen LogP contribution is 2.35. The minimum absolute atomic E-state index is 0.264. The summed E-state index contributed by atoms with van der Waals surface area (Å²) in [6.07, 6.45) is 1.73. The monoisotopic (exact) mass is 426 g/mol. The molecule has 0 aliphatic carbocycles. The van der Waals surface area contributed by atoms with Crippen LogP contribution in [0.3, 0.4) is 0 Å². The maximum Gasteiger partial charge on any atom is 0.267 e. The SMILES string of the molecule is COc1cccc(-c2ccc3c(N)c(C(=O)Nc4cccc5ncccc45)sc3n2)c1. The van der Waals surface area contributed by atoms with E-state index in [9.17, 15) is 4.79 Å². The number of anilines is 2. The van der Waals surface area contributed by atoms with Gasteiger partial charge in [0, 0.05) is 22.5 Å². The molecule has 31 heavy (non-hydrogen) atoms. The molecule has 0 aliphatic heterocycles. The Morgan fingerprint density at radius 2 is 1.90 bits per heavy atom. The first-order chi connectivity index (χ1) is 15.1. The highest BCUT2D eigenvalue weighted by atomic mass is 32.1. The van der Waals surface area contributed by atoms with E-state index in [-0.39, 0.29) is 5.91 Å². The second kappa shape index (κ2) is 7.70. The molecule has 0 fully saturated rings. The van der Waals surface area contributed by atoms with E-state index in [1.807, 2.05) is 66.7 Å². The van der Waals surface area contributed by atoms with Crippen LogP contribution in [-0.4, -0.2) is 23.0 Å². The van der Waals surface area contributed by atoms with Crippen LogP contribution >= 0.6 is 11.3 Å². The molecule has 5 rings (SSSR count). The van der Waals surface area contributed by atoms with Crippen molar-refractivity contribution >= 4 is 49.7 Å². The van der Waals surface area contributed by atoms with Gasteiger partial charge in [0.25, 0.3) is 5.91 Å². The zero-order valence-electron chi connectivity index (χ0n) is 16.6. The van der Waals surface area contributed by atoms with Gasteiger partial charge in [0.2, 0.25) is 0 Å². The lowest BCUT2D eigenvalue weighted by molar-refractivity contribution is 0.103. The average Bonchev–Trinajstić information content (AvgIpc) is 3.15. The molecule has 7 heteroatoms. The molecule has 6 nitrogen and oxygen atoms in total. The van der Waals surface area contributed by atoms with Gasteiger partial charge in [-0.25, -0.2) is 4.98 Å². The summed E-state index contributed by atoms with van der Waals surface area (Å²) in [5, 5.41) is 4.61. The molecule has 0 spiro atoms. The fraction of sp³-hybridized carbons (Fsp3) is 0.0417. The number of amides is 1. The molecule has 3 N–H and O–H groups in total. The van der Waals surface area contributed by atoms with Gasteiger partial charge in [-0.3, -0.25) is 9.78 Å². The molecule has 0 unspecified atom stereocenters. The van der Waals surface area contributed by atoms with Crippen LogP contribution in [0.1, 0.15) is 9.67 Å². The van der Waals surface area contributed by atoms with Crippen LogP contribution in [0.4, 0.5) is 11.4 Å². The van der Waals surface area contributed by atoms with Crippen LogP contribution in [0.25, 0.3) is 32.4 Å². The van der Waals surface area contributed by atoms with Gasteiger partial charge in [-0.05, 0) is 48.5 Å². The van der Waals surface area contributed by atoms with Crippen molar-refractivity contribution < 1.29 is 9.53 Å². The van der Waals surface area contributed by atoms with Crippen molar-refractivity contribution in [2.24, 2.45) is 0 Å². The number of ether oxygens (including phenoxy) is 1. The van der Waals surface area contributed by atoms with Crippen LogP contribution in [0.2, 0.25) is 0 Å². The van der Waals surface area contributed by atoms with Crippen molar-refractivity contribution in [2.45, 2.75) is 0 Å². The first kappa shape index (κ1) is 19.0. The van der Waals surface area contributed by atoms with Crippen molar-refractivity contribution in [1.29, 1.82) is 0 Å². The van der Waals surface area contributed by atoms with E-state index in [0.717, 1.165) is 33.3 Å². The summed E-state index contributed by atoms with van der Waals surface area (Å²) in [6, 6.07) is 20.9. The van der Waals surface area contributed by atoms with E-state index in [1.165, 1.54) is 11.3 Å². The number of hydrogen-bond acceptors (Lipinski definition) is 6. The number of nitrogens with one attached hydrogen (secondary N) is 1. The number of aromatic nitrogens is 2. The number of carbonyl (C=O) groups excluding carboxylic acids is 1. The van der Waals surface area contributed by atoms with Crippen LogP contribution in [0, 0.1) is 0 Å². The zero-order chi connectivity index (χ0) is 21.4. The molecule has 5 aromatic rings. The Bertz CT molecular complexity index is 1440. The Morgan fingerprint density at radius 1 is 1.03 bits per heavy atom. The third-order valence-corrected chi connectivity index (χ3v) is 6.17. The lowest BCUT2D eigenvalue weighted by Crippen LogP contribution is -2.12. The smallest absolute Gasteiger partial charge is 0.267 e. The topological polar surface area (TPSA) is 90.1 Å². The summed E-state index contributed by atoms with van der Waals surface area (Å²) < 4.78 is 5.30. The Morgan fingerprint density at radius 3 is 2.77 bits per heavy atom. The first-order valence-corrected chi connectivity index (χ1v) is 10.4. The van der Waals surface area contributed by atoms with Gasteiger partial charge in [0.1, 0.15) is 15.5 Å². The van der Waals surface area contributed by atoms with Crippen molar-refractivity contribution in [3.05, 3.63) is 77.8 Å². The highest BCUT2D eigenvalue weighted by molar-refractivity contribution is 7.21. The van der Waals surface area contributed by atoms with Gasteiger partial charge in [-0.2, -0.15) is 0 Å². The predicted molar refractivity (Wildman–Crippen MR) is 126 cm³/mol. The van der Waals surface area contributed by atoms with E-state index in [1.54, 1.807) is 13.3 Å². The minimum Gasteiger partial charge on any atom is -0.497 e. The lowest BCUT2D eigenvalue weighted by Gasteiger charge is -2.07. The predicted octanol–water partition coefficient (Wildman–Crippen LogP) is 5.35. The average molecular weight is 427 g/mol. The molecule has 0 bridgehead atoms. The zero-order valence-corrected chi connectivity index (χ0v) is 17.4. The first-order valence-electron chi connectivity index (χ1n) is 9.62. The number of carbonyl (C=O) groups is 1. The number of hydrogen-bond donors (Lipinski definition) is 2. The van der Waals surface area contributed by atoms with Gasteiger partial charge in [0.15, 0.2) is 0 Å². The summed E-state index contributed by atoms with van der Waals surface area (Å²) in [5.74, 6) is 0.495. The van der Waals surface area contributed by atoms with Crippen LogP contribution < -0.4 is 15.8 Å². The molecular formula is C24H18N4O2S. The molecule has 0 saturated heterocycles. The molecule has 0 atom stereocenters. The number of nitrogen functional groups attached to an aromatic ring is 1. The van der Waals surface area contributed by atoms with Crippen LogP contribution in [0.15, 0.2) is 72.9 Å². The number of rotatable bonds is 4. The van der Waals surface area contributed by atoms with Crippen molar-refractivity contribution in [3.63, 3.8) is 0 Å². The van der Waals surface area contributed by atoms with Crippen molar-refractivity contribution in [2.75, 3.05) is 18.2 Å². The van der Waals surface area contributed by atoms with E-state index in [0.29, 0.717) is 21.1 Å². The van der Waals surface area contributed by atoms with E-state index in [4.69, 9.17) is 15.5 Å². The van der Waals surface area contributed by atoms with Gasteiger partial charge >= 0.3 is 0 Å². The minimum atomic E-state index is -0.264. The molecule has 152 valence electrons. The number of fused-ring (bicyclic) bond motifs is 2. The number of methoxy groups -OCH3 is 1. The second-order valence-electron chi connectivity index (χ2n) is 6.96. The quantitative estimate of drug-likeness (QED) is 0.404. The second-order valence-corrected chi connectivity index (χ2v) is 7.95. The van der Waals surface area contributed by atoms with Gasteiger partial charge in [-0.1, -0.05) is 18.2 Å². The summed E-state index contributed by atoms with van der Waals surface area (Å²) in [4.78, 5) is 23.3.